The monoisotopic (exact) mass is 473 g/mol. The van der Waals surface area contributed by atoms with Gasteiger partial charge in [0, 0.05) is 29.9 Å². The Morgan fingerprint density at radius 2 is 1.51 bits per heavy atom. The molecule has 2 atom stereocenters. The summed E-state index contributed by atoms with van der Waals surface area (Å²) in [7, 11) is 0. The molecule has 2 aromatic rings. The number of hydrogen-bond donors (Lipinski definition) is 1. The molecule has 5 rings (SSSR count). The van der Waals surface area contributed by atoms with Gasteiger partial charge in [-0.05, 0) is 68.3 Å². The van der Waals surface area contributed by atoms with Crippen LogP contribution in [0.4, 0.5) is 11.4 Å². The number of carbonyl (C=O) groups is 4. The van der Waals surface area contributed by atoms with Gasteiger partial charge in [0.15, 0.2) is 0 Å². The van der Waals surface area contributed by atoms with Crippen LogP contribution < -0.4 is 10.2 Å². The topological polar surface area (TPSA) is 96.0 Å². The minimum atomic E-state index is -0.323. The fourth-order valence-corrected chi connectivity index (χ4v) is 4.90. The van der Waals surface area contributed by atoms with E-state index < -0.39 is 0 Å². The molecule has 0 radical (unpaired) electrons. The van der Waals surface area contributed by atoms with Gasteiger partial charge in [-0.3, -0.25) is 24.1 Å². The molecule has 3 aliphatic rings. The molecule has 0 spiro atoms. The maximum Gasteiger partial charge on any atom is 0.255 e. The molecule has 2 aliphatic heterocycles. The molecular weight excluding hydrogens is 446 g/mol. The maximum atomic E-state index is 12.9. The summed E-state index contributed by atoms with van der Waals surface area (Å²) in [5, 5.41) is 2.82. The van der Waals surface area contributed by atoms with Crippen LogP contribution in [0.1, 0.15) is 40.5 Å². The fourth-order valence-electron chi connectivity index (χ4n) is 4.90. The van der Waals surface area contributed by atoms with Crippen LogP contribution in [-0.4, -0.2) is 54.8 Å². The molecule has 2 aromatic carbocycles. The van der Waals surface area contributed by atoms with Crippen LogP contribution in [0.15, 0.2) is 60.2 Å². The first-order valence-electron chi connectivity index (χ1n) is 11.8. The van der Waals surface area contributed by atoms with E-state index in [2.05, 4.69) is 5.32 Å². The second kappa shape index (κ2) is 9.46. The van der Waals surface area contributed by atoms with E-state index in [0.717, 1.165) is 5.57 Å². The van der Waals surface area contributed by atoms with Crippen molar-refractivity contribution in [3.63, 3.8) is 0 Å². The van der Waals surface area contributed by atoms with Gasteiger partial charge >= 0.3 is 0 Å². The van der Waals surface area contributed by atoms with Crippen LogP contribution in [0.5, 0.6) is 0 Å². The van der Waals surface area contributed by atoms with E-state index in [1.165, 1.54) is 4.90 Å². The van der Waals surface area contributed by atoms with Crippen molar-refractivity contribution in [2.45, 2.75) is 19.8 Å². The van der Waals surface area contributed by atoms with Crippen molar-refractivity contribution in [1.82, 2.24) is 4.90 Å². The lowest BCUT2D eigenvalue weighted by Crippen LogP contribution is -2.40. The molecule has 0 unspecified atom stereocenters. The first-order chi connectivity index (χ1) is 16.9. The number of ether oxygens (including phenoxy) is 1. The van der Waals surface area contributed by atoms with E-state index in [9.17, 15) is 19.2 Å². The van der Waals surface area contributed by atoms with Gasteiger partial charge in [0.1, 0.15) is 0 Å². The summed E-state index contributed by atoms with van der Waals surface area (Å²) in [6, 6.07) is 13.2. The first-order valence-corrected chi connectivity index (χ1v) is 11.8. The minimum Gasteiger partial charge on any atom is -0.378 e. The summed E-state index contributed by atoms with van der Waals surface area (Å²) >= 11 is 0. The van der Waals surface area contributed by atoms with Gasteiger partial charge in [0.05, 0.1) is 30.7 Å². The maximum absolute atomic E-state index is 12.9. The summed E-state index contributed by atoms with van der Waals surface area (Å²) in [5.41, 5.74) is 3.14. The summed E-state index contributed by atoms with van der Waals surface area (Å²) in [6.07, 6.45) is 3.24. The van der Waals surface area contributed by atoms with E-state index in [1.807, 2.05) is 13.0 Å². The Morgan fingerprint density at radius 3 is 2.20 bits per heavy atom. The van der Waals surface area contributed by atoms with E-state index in [4.69, 9.17) is 4.74 Å². The van der Waals surface area contributed by atoms with Crippen LogP contribution in [0.2, 0.25) is 0 Å². The largest absolute Gasteiger partial charge is 0.378 e. The van der Waals surface area contributed by atoms with Crippen molar-refractivity contribution >= 4 is 35.0 Å². The normalized spacial score (nSPS) is 22.0. The number of anilines is 2. The Hall–Kier alpha value is -3.78. The van der Waals surface area contributed by atoms with E-state index >= 15 is 0 Å². The lowest BCUT2D eigenvalue weighted by atomic mass is 9.82. The summed E-state index contributed by atoms with van der Waals surface area (Å²) in [4.78, 5) is 54.1. The number of carbonyl (C=O) groups excluding carboxylic acids is 4. The Kier molecular flexibility index (Phi) is 6.21. The Balaban J connectivity index is 1.23. The van der Waals surface area contributed by atoms with Crippen molar-refractivity contribution in [2.24, 2.45) is 11.8 Å². The van der Waals surface area contributed by atoms with Gasteiger partial charge in [0.25, 0.3) is 11.8 Å². The van der Waals surface area contributed by atoms with Crippen LogP contribution in [-0.2, 0) is 14.3 Å². The highest BCUT2D eigenvalue weighted by Crippen LogP contribution is 2.39. The van der Waals surface area contributed by atoms with E-state index in [0.29, 0.717) is 61.6 Å². The van der Waals surface area contributed by atoms with Crippen LogP contribution >= 0.6 is 0 Å². The van der Waals surface area contributed by atoms with Gasteiger partial charge in [-0.2, -0.15) is 0 Å². The molecule has 1 N–H and O–H groups in total. The minimum absolute atomic E-state index is 0.0569. The third-order valence-corrected chi connectivity index (χ3v) is 6.90. The van der Waals surface area contributed by atoms with E-state index in [-0.39, 0.29) is 35.5 Å². The standard InChI is InChI=1S/C27H27N3O5/c1-17-2-11-22-23(16-17)27(34)30(26(22)33)21-9-5-18(6-10-21)24(31)28-20-7-3-19(4-8-20)25(32)29-12-14-35-15-13-29/h2-10,22-23H,11-16H2,1H3,(H,28,31)/t22-,23-/m0/s1. The van der Waals surface area contributed by atoms with Crippen molar-refractivity contribution in [2.75, 3.05) is 36.5 Å². The summed E-state index contributed by atoms with van der Waals surface area (Å²) < 4.78 is 5.28. The van der Waals surface area contributed by atoms with Gasteiger partial charge in [-0.15, -0.1) is 0 Å². The molecule has 180 valence electrons. The van der Waals surface area contributed by atoms with Crippen LogP contribution in [0.3, 0.4) is 0 Å². The molecule has 8 heteroatoms. The molecule has 2 heterocycles. The zero-order valence-electron chi connectivity index (χ0n) is 19.5. The molecule has 2 saturated heterocycles. The molecule has 1 aliphatic carbocycles. The highest BCUT2D eigenvalue weighted by atomic mass is 16.5. The lowest BCUT2D eigenvalue weighted by Gasteiger charge is -2.26. The molecular formula is C27H27N3O5. The molecule has 8 nitrogen and oxygen atoms in total. The Labute approximate surface area is 203 Å². The second-order valence-electron chi connectivity index (χ2n) is 9.20. The summed E-state index contributed by atoms with van der Waals surface area (Å²) in [6.45, 7) is 4.20. The lowest BCUT2D eigenvalue weighted by molar-refractivity contribution is -0.122. The first kappa shape index (κ1) is 23.0. The third kappa shape index (κ3) is 4.49. The smallest absolute Gasteiger partial charge is 0.255 e. The third-order valence-electron chi connectivity index (χ3n) is 6.90. The van der Waals surface area contributed by atoms with Crippen molar-refractivity contribution < 1.29 is 23.9 Å². The number of hydrogen-bond acceptors (Lipinski definition) is 5. The second-order valence-corrected chi connectivity index (χ2v) is 9.20. The Bertz CT molecular complexity index is 1200. The number of morpholine rings is 1. The fraction of sp³-hybridized carbons (Fsp3) is 0.333. The van der Waals surface area contributed by atoms with Crippen LogP contribution in [0, 0.1) is 11.8 Å². The number of nitrogens with zero attached hydrogens (tertiary/aromatic N) is 2. The number of benzene rings is 2. The molecule has 4 amide bonds. The summed E-state index contributed by atoms with van der Waals surface area (Å²) in [5.74, 6) is -1.32. The quantitative estimate of drug-likeness (QED) is 0.543. The zero-order valence-corrected chi connectivity index (χ0v) is 19.5. The van der Waals surface area contributed by atoms with Gasteiger partial charge < -0.3 is 15.0 Å². The molecule has 2 fully saturated rings. The number of rotatable bonds is 4. The van der Waals surface area contributed by atoms with Crippen molar-refractivity contribution in [1.29, 1.82) is 0 Å². The number of imide groups is 1. The average Bonchev–Trinajstić information content (AvgIpc) is 3.13. The number of amides is 4. The van der Waals surface area contributed by atoms with Gasteiger partial charge in [-0.1, -0.05) is 11.6 Å². The molecule has 35 heavy (non-hydrogen) atoms. The molecule has 0 aromatic heterocycles. The highest BCUT2D eigenvalue weighted by Gasteiger charge is 2.48. The SMILES string of the molecule is CC1=CC[C@@H]2C(=O)N(c3ccc(C(=O)Nc4ccc(C(=O)N5CCOCC5)cc4)cc3)C(=O)[C@H]2C1. The van der Waals surface area contributed by atoms with Gasteiger partial charge in [0.2, 0.25) is 11.8 Å². The predicted octanol–water partition coefficient (Wildman–Crippen LogP) is 3.26. The van der Waals surface area contributed by atoms with E-state index in [1.54, 1.807) is 53.4 Å². The number of nitrogens with one attached hydrogen (secondary N) is 1. The Morgan fingerprint density at radius 1 is 0.886 bits per heavy atom. The highest BCUT2D eigenvalue weighted by molar-refractivity contribution is 6.22. The molecule has 0 bridgehead atoms. The number of fused-ring (bicyclic) bond motifs is 1. The van der Waals surface area contributed by atoms with Gasteiger partial charge in [-0.25, -0.2) is 0 Å². The van der Waals surface area contributed by atoms with Crippen molar-refractivity contribution in [3.05, 3.63) is 71.3 Å². The average molecular weight is 474 g/mol. The number of allylic oxidation sites excluding steroid dienone is 2. The molecule has 0 saturated carbocycles. The predicted molar refractivity (Wildman–Crippen MR) is 130 cm³/mol. The zero-order chi connectivity index (χ0) is 24.5. The van der Waals surface area contributed by atoms with Crippen molar-refractivity contribution in [3.8, 4) is 0 Å². The van der Waals surface area contributed by atoms with Crippen LogP contribution in [0.25, 0.3) is 0 Å².